The molecule has 1 aromatic carbocycles. The van der Waals surface area contributed by atoms with Crippen molar-refractivity contribution in [1.82, 2.24) is 5.43 Å². The number of halogens is 3. The molecule has 0 unspecified atom stereocenters. The number of amides is 1. The lowest BCUT2D eigenvalue weighted by molar-refractivity contribution is -0.119. The highest BCUT2D eigenvalue weighted by atomic mass is 79.9. The zero-order valence-corrected chi connectivity index (χ0v) is 16.3. The molecule has 1 amide bonds. The molecular weight excluding hydrogens is 466 g/mol. The maximum absolute atomic E-state index is 11.7. The molecule has 0 heterocycles. The smallest absolute Gasteiger partial charge is 0.259 e. The fourth-order valence-electron chi connectivity index (χ4n) is 1.44. The lowest BCUT2D eigenvalue weighted by Crippen LogP contribution is -2.26. The number of carbonyl (C=O) groups excluding carboxylic acids is 1. The summed E-state index contributed by atoms with van der Waals surface area (Å²) in [5, 5.41) is 7.09. The van der Waals surface area contributed by atoms with Crippen LogP contribution in [0.1, 0.15) is 19.8 Å². The molecule has 0 aliphatic heterocycles. The number of anilines is 1. The summed E-state index contributed by atoms with van der Waals surface area (Å²) in [6.45, 7) is 5.66. The van der Waals surface area contributed by atoms with Crippen molar-refractivity contribution in [3.8, 4) is 0 Å². The number of nitrogens with zero attached hydrogens (tertiary/aromatic N) is 1. The number of nitrogens with one attached hydrogen (secondary N) is 2. The number of hydrogen-bond acceptors (Lipinski definition) is 3. The highest BCUT2D eigenvalue weighted by Crippen LogP contribution is 2.34. The lowest BCUT2D eigenvalue weighted by atomic mass is 10.2. The van der Waals surface area contributed by atoms with Gasteiger partial charge in [-0.05, 0) is 63.8 Å². The SMILES string of the molecule is C=CCC/C(C)=N/NC(=O)CNc1c(Br)cc(Br)cc1Br. The molecule has 0 aromatic heterocycles. The van der Waals surface area contributed by atoms with Crippen LogP contribution in [0.25, 0.3) is 0 Å². The molecule has 0 aliphatic rings. The molecule has 21 heavy (non-hydrogen) atoms. The first-order valence-corrected chi connectivity index (χ1v) is 8.63. The molecule has 1 rings (SSSR count). The Balaban J connectivity index is 2.52. The van der Waals surface area contributed by atoms with E-state index in [1.54, 1.807) is 0 Å². The summed E-state index contributed by atoms with van der Waals surface area (Å²) in [5.41, 5.74) is 4.21. The van der Waals surface area contributed by atoms with E-state index in [0.717, 1.165) is 37.7 Å². The van der Waals surface area contributed by atoms with Gasteiger partial charge >= 0.3 is 0 Å². The Hall–Kier alpha value is -0.660. The summed E-state index contributed by atoms with van der Waals surface area (Å²) in [4.78, 5) is 11.7. The Morgan fingerprint density at radius 2 is 1.95 bits per heavy atom. The van der Waals surface area contributed by atoms with Gasteiger partial charge in [0.1, 0.15) is 0 Å². The largest absolute Gasteiger partial charge is 0.374 e. The van der Waals surface area contributed by atoms with Crippen molar-refractivity contribution >= 4 is 65.1 Å². The first-order valence-electron chi connectivity index (χ1n) is 6.25. The van der Waals surface area contributed by atoms with Gasteiger partial charge in [0.2, 0.25) is 0 Å². The summed E-state index contributed by atoms with van der Waals surface area (Å²) >= 11 is 10.3. The standard InChI is InChI=1S/C14H16Br3N3O/c1-3-4-5-9(2)19-20-13(21)8-18-14-11(16)6-10(15)7-12(14)17/h3,6-7,18H,1,4-5,8H2,2H3,(H,20,21)/b19-9+. The van der Waals surface area contributed by atoms with E-state index >= 15 is 0 Å². The van der Waals surface area contributed by atoms with Crippen LogP contribution in [0.4, 0.5) is 5.69 Å². The second-order valence-electron chi connectivity index (χ2n) is 4.31. The molecule has 0 saturated heterocycles. The number of benzene rings is 1. The van der Waals surface area contributed by atoms with E-state index in [1.165, 1.54) is 0 Å². The van der Waals surface area contributed by atoms with E-state index in [1.807, 2.05) is 25.1 Å². The number of carbonyl (C=O) groups is 1. The molecule has 0 aliphatic carbocycles. The normalized spacial score (nSPS) is 11.1. The summed E-state index contributed by atoms with van der Waals surface area (Å²) in [5.74, 6) is -0.199. The predicted octanol–water partition coefficient (Wildman–Crippen LogP) is 4.84. The van der Waals surface area contributed by atoms with Crippen LogP contribution in [-0.2, 0) is 4.79 Å². The molecule has 0 fully saturated rings. The highest BCUT2D eigenvalue weighted by molar-refractivity contribution is 9.11. The van der Waals surface area contributed by atoms with Gasteiger partial charge in [-0.25, -0.2) is 5.43 Å². The summed E-state index contributed by atoms with van der Waals surface area (Å²) < 4.78 is 2.67. The van der Waals surface area contributed by atoms with E-state index in [2.05, 4.69) is 70.2 Å². The van der Waals surface area contributed by atoms with Gasteiger partial charge in [-0.1, -0.05) is 22.0 Å². The fraction of sp³-hybridized carbons (Fsp3) is 0.286. The summed E-state index contributed by atoms with van der Waals surface area (Å²) in [7, 11) is 0. The number of hydrogen-bond donors (Lipinski definition) is 2. The van der Waals surface area contributed by atoms with E-state index < -0.39 is 0 Å². The zero-order chi connectivity index (χ0) is 15.8. The van der Waals surface area contributed by atoms with Gasteiger partial charge in [0.15, 0.2) is 0 Å². The third kappa shape index (κ3) is 6.76. The van der Waals surface area contributed by atoms with Gasteiger partial charge in [-0.3, -0.25) is 4.79 Å². The fourth-order valence-corrected chi connectivity index (χ4v) is 3.98. The Morgan fingerprint density at radius 1 is 1.33 bits per heavy atom. The van der Waals surface area contributed by atoms with Gasteiger partial charge < -0.3 is 5.32 Å². The quantitative estimate of drug-likeness (QED) is 0.332. The third-order valence-electron chi connectivity index (χ3n) is 2.51. The van der Waals surface area contributed by atoms with Crippen LogP contribution in [0, 0.1) is 0 Å². The van der Waals surface area contributed by atoms with Gasteiger partial charge in [-0.15, -0.1) is 6.58 Å². The molecular formula is C14H16Br3N3O. The highest BCUT2D eigenvalue weighted by Gasteiger charge is 2.08. The van der Waals surface area contributed by atoms with Crippen molar-refractivity contribution in [2.45, 2.75) is 19.8 Å². The molecule has 7 heteroatoms. The Morgan fingerprint density at radius 3 is 2.52 bits per heavy atom. The summed E-state index contributed by atoms with van der Waals surface area (Å²) in [6.07, 6.45) is 3.47. The molecule has 0 saturated carbocycles. The first-order chi connectivity index (χ1) is 9.93. The molecule has 0 spiro atoms. The maximum Gasteiger partial charge on any atom is 0.259 e. The van der Waals surface area contributed by atoms with E-state index in [9.17, 15) is 4.79 Å². The van der Waals surface area contributed by atoms with Crippen molar-refractivity contribution in [2.24, 2.45) is 5.10 Å². The van der Waals surface area contributed by atoms with E-state index in [-0.39, 0.29) is 12.5 Å². The van der Waals surface area contributed by atoms with E-state index in [0.29, 0.717) is 0 Å². The zero-order valence-electron chi connectivity index (χ0n) is 11.5. The maximum atomic E-state index is 11.7. The van der Waals surface area contributed by atoms with Gasteiger partial charge in [-0.2, -0.15) is 5.10 Å². The second-order valence-corrected chi connectivity index (χ2v) is 6.93. The average molecular weight is 482 g/mol. The van der Waals surface area contributed by atoms with E-state index in [4.69, 9.17) is 0 Å². The number of rotatable bonds is 7. The first kappa shape index (κ1) is 18.4. The minimum Gasteiger partial charge on any atom is -0.374 e. The monoisotopic (exact) mass is 479 g/mol. The van der Waals surface area contributed by atoms with Crippen LogP contribution in [0.2, 0.25) is 0 Å². The van der Waals surface area contributed by atoms with Crippen LogP contribution >= 0.6 is 47.8 Å². The Bertz CT molecular complexity index is 535. The number of allylic oxidation sites excluding steroid dienone is 1. The van der Waals surface area contributed by atoms with Crippen LogP contribution in [0.3, 0.4) is 0 Å². The van der Waals surface area contributed by atoms with Crippen LogP contribution in [0.15, 0.2) is 43.3 Å². The Labute approximate surface area is 149 Å². The topological polar surface area (TPSA) is 53.5 Å². The predicted molar refractivity (Wildman–Crippen MR) is 98.7 cm³/mol. The van der Waals surface area contributed by atoms with Crippen molar-refractivity contribution in [3.63, 3.8) is 0 Å². The van der Waals surface area contributed by atoms with Crippen LogP contribution in [-0.4, -0.2) is 18.2 Å². The molecule has 2 N–H and O–H groups in total. The van der Waals surface area contributed by atoms with Crippen molar-refractivity contribution < 1.29 is 4.79 Å². The van der Waals surface area contributed by atoms with Crippen molar-refractivity contribution in [2.75, 3.05) is 11.9 Å². The molecule has 0 atom stereocenters. The van der Waals surface area contributed by atoms with Gasteiger partial charge in [0, 0.05) is 19.1 Å². The average Bonchev–Trinajstić information content (AvgIpc) is 2.41. The number of hydrazone groups is 1. The molecule has 0 bridgehead atoms. The van der Waals surface area contributed by atoms with Crippen LogP contribution in [0.5, 0.6) is 0 Å². The minimum atomic E-state index is -0.199. The minimum absolute atomic E-state index is 0.136. The molecule has 0 radical (unpaired) electrons. The van der Waals surface area contributed by atoms with Gasteiger partial charge in [0.25, 0.3) is 5.91 Å². The molecule has 114 valence electrons. The van der Waals surface area contributed by atoms with Crippen molar-refractivity contribution in [1.29, 1.82) is 0 Å². The van der Waals surface area contributed by atoms with Gasteiger partial charge in [0.05, 0.1) is 12.2 Å². The van der Waals surface area contributed by atoms with Crippen LogP contribution < -0.4 is 10.7 Å². The lowest BCUT2D eigenvalue weighted by Gasteiger charge is -2.10. The summed E-state index contributed by atoms with van der Waals surface area (Å²) in [6, 6.07) is 3.81. The second kappa shape index (κ2) is 9.38. The Kier molecular flexibility index (Phi) is 8.21. The third-order valence-corrected chi connectivity index (χ3v) is 4.22. The molecule has 1 aromatic rings. The molecule has 4 nitrogen and oxygen atoms in total. The van der Waals surface area contributed by atoms with Crippen molar-refractivity contribution in [3.05, 3.63) is 38.2 Å².